The highest BCUT2D eigenvalue weighted by Crippen LogP contribution is 2.38. The van der Waals surface area contributed by atoms with Crippen molar-refractivity contribution in [1.82, 2.24) is 0 Å². The summed E-state index contributed by atoms with van der Waals surface area (Å²) in [6.45, 7) is 1.99. The van der Waals surface area contributed by atoms with Crippen LogP contribution in [-0.4, -0.2) is 0 Å². The number of aryl methyl sites for hydroxylation is 1. The maximum atomic E-state index is 6.16. The van der Waals surface area contributed by atoms with Crippen LogP contribution in [0.15, 0.2) is 30.3 Å². The summed E-state index contributed by atoms with van der Waals surface area (Å²) in [5.74, 6) is 0. The van der Waals surface area contributed by atoms with Gasteiger partial charge in [-0.25, -0.2) is 0 Å². The summed E-state index contributed by atoms with van der Waals surface area (Å²) < 4.78 is 0. The molecule has 0 aliphatic heterocycles. The van der Waals surface area contributed by atoms with Crippen molar-refractivity contribution >= 4 is 46.4 Å². The largest absolute Gasteiger partial charge is 0.0837 e. The molecule has 0 saturated heterocycles. The normalized spacial score (nSPS) is 10.6. The van der Waals surface area contributed by atoms with Crippen molar-refractivity contribution in [3.63, 3.8) is 0 Å². The predicted octanol–water partition coefficient (Wildman–Crippen LogP) is 6.28. The summed E-state index contributed by atoms with van der Waals surface area (Å²) in [5, 5.41) is 2.07. The van der Waals surface area contributed by atoms with Gasteiger partial charge in [0.2, 0.25) is 0 Å². The lowest BCUT2D eigenvalue weighted by Crippen LogP contribution is -1.84. The summed E-state index contributed by atoms with van der Waals surface area (Å²) >= 11 is 24.2. The van der Waals surface area contributed by atoms with Gasteiger partial charge >= 0.3 is 0 Å². The maximum Gasteiger partial charge on any atom is 0.0607 e. The summed E-state index contributed by atoms with van der Waals surface area (Å²) in [6, 6.07) is 9.10. The number of benzene rings is 2. The molecule has 0 fully saturated rings. The van der Waals surface area contributed by atoms with Gasteiger partial charge in [0.05, 0.1) is 15.1 Å². The number of hydrogen-bond donors (Lipinski definition) is 0. The van der Waals surface area contributed by atoms with Crippen molar-refractivity contribution in [2.75, 3.05) is 0 Å². The zero-order valence-corrected chi connectivity index (χ0v) is 11.9. The second-order valence-electron chi connectivity index (χ2n) is 3.73. The van der Waals surface area contributed by atoms with E-state index < -0.39 is 0 Å². The molecule has 17 heavy (non-hydrogen) atoms. The Kier molecular flexibility index (Phi) is 3.89. The van der Waals surface area contributed by atoms with Crippen LogP contribution < -0.4 is 0 Å². The predicted molar refractivity (Wildman–Crippen MR) is 76.7 cm³/mol. The second-order valence-corrected chi connectivity index (χ2v) is 5.36. The van der Waals surface area contributed by atoms with E-state index in [1.165, 1.54) is 0 Å². The molecule has 0 aliphatic carbocycles. The molecule has 0 radical (unpaired) electrons. The summed E-state index contributed by atoms with van der Waals surface area (Å²) in [5.41, 5.74) is 2.75. The van der Waals surface area contributed by atoms with Gasteiger partial charge in [-0.05, 0) is 31.2 Å². The van der Waals surface area contributed by atoms with Gasteiger partial charge in [-0.2, -0.15) is 0 Å². The minimum atomic E-state index is 0.434. The zero-order chi connectivity index (χ0) is 12.6. The van der Waals surface area contributed by atoms with Crippen molar-refractivity contribution in [2.45, 2.75) is 6.92 Å². The van der Waals surface area contributed by atoms with Crippen molar-refractivity contribution in [3.05, 3.63) is 56.0 Å². The Balaban J connectivity index is 2.68. The molecule has 0 saturated carbocycles. The molecular weight excluding hydrogens is 298 g/mol. The van der Waals surface area contributed by atoms with E-state index in [-0.39, 0.29) is 0 Å². The van der Waals surface area contributed by atoms with Gasteiger partial charge < -0.3 is 0 Å². The van der Waals surface area contributed by atoms with Crippen LogP contribution in [0.3, 0.4) is 0 Å². The van der Waals surface area contributed by atoms with Gasteiger partial charge in [-0.1, -0.05) is 58.0 Å². The van der Waals surface area contributed by atoms with E-state index >= 15 is 0 Å². The zero-order valence-electron chi connectivity index (χ0n) is 8.90. The molecule has 2 aromatic rings. The lowest BCUT2D eigenvalue weighted by Gasteiger charge is -2.09. The Morgan fingerprint density at radius 3 is 1.94 bits per heavy atom. The molecule has 88 valence electrons. The van der Waals surface area contributed by atoms with Crippen molar-refractivity contribution in [1.29, 1.82) is 0 Å². The lowest BCUT2D eigenvalue weighted by molar-refractivity contribution is 1.47. The molecule has 0 amide bonds. The van der Waals surface area contributed by atoms with E-state index in [0.29, 0.717) is 20.1 Å². The van der Waals surface area contributed by atoms with Crippen LogP contribution in [0.1, 0.15) is 5.56 Å². The minimum Gasteiger partial charge on any atom is -0.0837 e. The first kappa shape index (κ1) is 13.0. The monoisotopic (exact) mass is 304 g/mol. The van der Waals surface area contributed by atoms with Crippen LogP contribution in [0.2, 0.25) is 20.1 Å². The number of halogens is 4. The third-order valence-corrected chi connectivity index (χ3v) is 3.79. The van der Waals surface area contributed by atoms with Crippen LogP contribution in [-0.2, 0) is 0 Å². The standard InChI is InChI=1S/C13H8Cl4/c1-7-2-3-10(14)8(4-7)9-5-12(16)13(17)6-11(9)15/h2-6H,1H3. The third-order valence-electron chi connectivity index (χ3n) is 2.42. The van der Waals surface area contributed by atoms with Crippen LogP contribution in [0.25, 0.3) is 11.1 Å². The van der Waals surface area contributed by atoms with Gasteiger partial charge in [-0.15, -0.1) is 0 Å². The van der Waals surface area contributed by atoms with Crippen LogP contribution >= 0.6 is 46.4 Å². The van der Waals surface area contributed by atoms with E-state index in [9.17, 15) is 0 Å². The quantitative estimate of drug-likeness (QED) is 0.544. The average molecular weight is 306 g/mol. The van der Waals surface area contributed by atoms with Gasteiger partial charge in [0.15, 0.2) is 0 Å². The first-order valence-electron chi connectivity index (χ1n) is 4.90. The molecule has 0 aliphatic rings. The first-order chi connectivity index (χ1) is 7.99. The number of rotatable bonds is 1. The molecule has 0 unspecified atom stereocenters. The Morgan fingerprint density at radius 2 is 1.24 bits per heavy atom. The molecule has 0 spiro atoms. The molecule has 0 N–H and O–H groups in total. The highest BCUT2D eigenvalue weighted by molar-refractivity contribution is 6.44. The molecule has 4 heteroatoms. The molecule has 2 aromatic carbocycles. The van der Waals surface area contributed by atoms with Gasteiger partial charge in [0.25, 0.3) is 0 Å². The van der Waals surface area contributed by atoms with Crippen molar-refractivity contribution in [2.24, 2.45) is 0 Å². The van der Waals surface area contributed by atoms with E-state index in [2.05, 4.69) is 0 Å². The van der Waals surface area contributed by atoms with Crippen LogP contribution in [0.5, 0.6) is 0 Å². The van der Waals surface area contributed by atoms with Crippen molar-refractivity contribution < 1.29 is 0 Å². The molecule has 0 atom stereocenters. The smallest absolute Gasteiger partial charge is 0.0607 e. The van der Waals surface area contributed by atoms with Gasteiger partial charge in [0.1, 0.15) is 0 Å². The fourth-order valence-electron chi connectivity index (χ4n) is 1.57. The minimum absolute atomic E-state index is 0.434. The van der Waals surface area contributed by atoms with E-state index in [0.717, 1.165) is 16.7 Å². The number of hydrogen-bond acceptors (Lipinski definition) is 0. The second kappa shape index (κ2) is 5.07. The highest BCUT2D eigenvalue weighted by Gasteiger charge is 2.11. The summed E-state index contributed by atoms with van der Waals surface area (Å²) in [6.07, 6.45) is 0. The fourth-order valence-corrected chi connectivity index (χ4v) is 2.44. The molecule has 0 heterocycles. The van der Waals surface area contributed by atoms with Crippen LogP contribution in [0.4, 0.5) is 0 Å². The Bertz CT molecular complexity index is 576. The maximum absolute atomic E-state index is 6.16. The first-order valence-corrected chi connectivity index (χ1v) is 6.41. The molecule has 0 nitrogen and oxygen atoms in total. The van der Waals surface area contributed by atoms with E-state index in [1.54, 1.807) is 12.1 Å². The Hall–Kier alpha value is -0.400. The fraction of sp³-hybridized carbons (Fsp3) is 0.0769. The molecule has 0 aromatic heterocycles. The van der Waals surface area contributed by atoms with Gasteiger partial charge in [-0.3, -0.25) is 0 Å². The van der Waals surface area contributed by atoms with E-state index in [1.807, 2.05) is 25.1 Å². The third kappa shape index (κ3) is 2.71. The van der Waals surface area contributed by atoms with E-state index in [4.69, 9.17) is 46.4 Å². The van der Waals surface area contributed by atoms with Crippen LogP contribution in [0, 0.1) is 6.92 Å². The topological polar surface area (TPSA) is 0 Å². The molecular formula is C13H8Cl4. The SMILES string of the molecule is Cc1ccc(Cl)c(-c2cc(Cl)c(Cl)cc2Cl)c1. The summed E-state index contributed by atoms with van der Waals surface area (Å²) in [4.78, 5) is 0. The Labute approximate surface area is 120 Å². The molecule has 0 bridgehead atoms. The summed E-state index contributed by atoms with van der Waals surface area (Å²) in [7, 11) is 0. The van der Waals surface area contributed by atoms with Crippen molar-refractivity contribution in [3.8, 4) is 11.1 Å². The Morgan fingerprint density at radius 1 is 0.647 bits per heavy atom. The average Bonchev–Trinajstić information content (AvgIpc) is 2.27. The lowest BCUT2D eigenvalue weighted by atomic mass is 10.0. The molecule has 2 rings (SSSR count). The highest BCUT2D eigenvalue weighted by atomic mass is 35.5. The van der Waals surface area contributed by atoms with Gasteiger partial charge in [0, 0.05) is 16.1 Å².